The summed E-state index contributed by atoms with van der Waals surface area (Å²) in [6.45, 7) is 15.2. The minimum atomic E-state index is -1.02. The second kappa shape index (κ2) is 11.7. The molecular weight excluding hydrogens is 480 g/mol. The number of benzene rings is 1. The Bertz CT molecular complexity index is 1200. The Labute approximate surface area is 227 Å². The summed E-state index contributed by atoms with van der Waals surface area (Å²) < 4.78 is 2.06. The van der Waals surface area contributed by atoms with Crippen molar-refractivity contribution in [3.05, 3.63) is 47.7 Å². The average molecular weight is 527 g/mol. The quantitative estimate of drug-likeness (QED) is 0.405. The summed E-state index contributed by atoms with van der Waals surface area (Å²) in [5, 5.41) is 16.7. The number of carbonyl (C=O) groups is 3. The second-order valence-corrected chi connectivity index (χ2v) is 12.3. The number of carbonyl (C=O) groups excluding carboxylic acids is 2. The Morgan fingerprint density at radius 1 is 1.05 bits per heavy atom. The molecule has 0 saturated carbocycles. The van der Waals surface area contributed by atoms with Crippen LogP contribution in [0.25, 0.3) is 10.9 Å². The predicted octanol–water partition coefficient (Wildman–Crippen LogP) is 4.09. The van der Waals surface area contributed by atoms with E-state index in [0.29, 0.717) is 0 Å². The highest BCUT2D eigenvalue weighted by Crippen LogP contribution is 2.35. The van der Waals surface area contributed by atoms with Crippen molar-refractivity contribution >= 4 is 28.7 Å². The third kappa shape index (κ3) is 6.46. The summed E-state index contributed by atoms with van der Waals surface area (Å²) in [7, 11) is 5.41. The van der Waals surface area contributed by atoms with Crippen molar-refractivity contribution in [2.75, 3.05) is 14.1 Å². The molecule has 0 fully saturated rings. The fourth-order valence-corrected chi connectivity index (χ4v) is 5.13. The molecule has 3 atom stereocenters. The first-order chi connectivity index (χ1) is 17.4. The van der Waals surface area contributed by atoms with Crippen molar-refractivity contribution in [1.82, 2.24) is 20.1 Å². The Morgan fingerprint density at radius 2 is 1.63 bits per heavy atom. The Kier molecular flexibility index (Phi) is 9.59. The van der Waals surface area contributed by atoms with Crippen LogP contribution in [-0.2, 0) is 26.8 Å². The van der Waals surface area contributed by atoms with Gasteiger partial charge in [-0.1, -0.05) is 72.7 Å². The Balaban J connectivity index is 2.43. The average Bonchev–Trinajstić information content (AvgIpc) is 3.16. The van der Waals surface area contributed by atoms with Gasteiger partial charge in [-0.15, -0.1) is 0 Å². The van der Waals surface area contributed by atoms with Crippen LogP contribution in [0.1, 0.15) is 61.0 Å². The van der Waals surface area contributed by atoms with Crippen molar-refractivity contribution in [3.8, 4) is 0 Å². The maximum Gasteiger partial charge on any atom is 0.331 e. The molecule has 0 saturated heterocycles. The first-order valence-electron chi connectivity index (χ1n) is 13.2. The fraction of sp³-hybridized carbons (Fsp3) is 0.567. The van der Waals surface area contributed by atoms with E-state index in [1.54, 1.807) is 25.1 Å². The molecule has 38 heavy (non-hydrogen) atoms. The van der Waals surface area contributed by atoms with Gasteiger partial charge in [-0.05, 0) is 36.9 Å². The van der Waals surface area contributed by atoms with Gasteiger partial charge >= 0.3 is 5.97 Å². The zero-order valence-electron chi connectivity index (χ0n) is 24.8. The van der Waals surface area contributed by atoms with Crippen molar-refractivity contribution in [2.45, 2.75) is 78.9 Å². The van der Waals surface area contributed by atoms with Crippen LogP contribution in [0.3, 0.4) is 0 Å². The lowest BCUT2D eigenvalue weighted by atomic mass is 9.76. The van der Waals surface area contributed by atoms with Crippen LogP contribution < -0.4 is 10.6 Å². The normalized spacial score (nSPS) is 15.3. The molecule has 1 aromatic heterocycles. The number of aromatic nitrogens is 1. The summed E-state index contributed by atoms with van der Waals surface area (Å²) in [6.07, 6.45) is 3.67. The second-order valence-electron chi connectivity index (χ2n) is 12.3. The van der Waals surface area contributed by atoms with E-state index in [1.807, 2.05) is 67.6 Å². The van der Waals surface area contributed by atoms with Crippen LogP contribution in [0, 0.1) is 11.3 Å². The molecule has 0 spiro atoms. The molecule has 2 amide bonds. The molecule has 0 aliphatic heterocycles. The molecule has 1 heterocycles. The van der Waals surface area contributed by atoms with Gasteiger partial charge in [0.25, 0.3) is 0 Å². The van der Waals surface area contributed by atoms with Crippen LogP contribution in [0.2, 0.25) is 0 Å². The van der Waals surface area contributed by atoms with Crippen molar-refractivity contribution in [1.29, 1.82) is 0 Å². The number of nitrogens with one attached hydrogen (secondary N) is 2. The summed E-state index contributed by atoms with van der Waals surface area (Å²) in [4.78, 5) is 40.7. The summed E-state index contributed by atoms with van der Waals surface area (Å²) in [5.41, 5.74) is 1.11. The van der Waals surface area contributed by atoms with E-state index >= 15 is 0 Å². The van der Waals surface area contributed by atoms with E-state index in [2.05, 4.69) is 33.5 Å². The lowest BCUT2D eigenvalue weighted by Gasteiger charge is -2.39. The number of amides is 2. The highest BCUT2D eigenvalue weighted by atomic mass is 16.4. The summed E-state index contributed by atoms with van der Waals surface area (Å²) in [6, 6.07) is 6.23. The molecule has 210 valence electrons. The van der Waals surface area contributed by atoms with E-state index in [9.17, 15) is 19.5 Å². The van der Waals surface area contributed by atoms with Gasteiger partial charge in [0.2, 0.25) is 11.8 Å². The molecule has 0 bridgehead atoms. The zero-order valence-corrected chi connectivity index (χ0v) is 24.8. The molecule has 0 aliphatic rings. The molecule has 0 radical (unpaired) electrons. The highest BCUT2D eigenvalue weighted by molar-refractivity contribution is 5.93. The predicted molar refractivity (Wildman–Crippen MR) is 153 cm³/mol. The third-order valence-electron chi connectivity index (χ3n) is 7.50. The van der Waals surface area contributed by atoms with Crippen LogP contribution in [-0.4, -0.2) is 64.6 Å². The topological polar surface area (TPSA) is 104 Å². The zero-order chi connectivity index (χ0) is 29.2. The molecule has 8 heteroatoms. The molecule has 2 aromatic rings. The maximum atomic E-state index is 13.9. The van der Waals surface area contributed by atoms with E-state index in [0.717, 1.165) is 16.5 Å². The monoisotopic (exact) mass is 526 g/mol. The van der Waals surface area contributed by atoms with Gasteiger partial charge in [0.1, 0.15) is 6.04 Å². The molecule has 8 nitrogen and oxygen atoms in total. The number of rotatable bonds is 10. The van der Waals surface area contributed by atoms with E-state index in [-0.39, 0.29) is 23.3 Å². The number of nitrogens with zero attached hydrogens (tertiary/aromatic N) is 2. The van der Waals surface area contributed by atoms with Crippen LogP contribution in [0.4, 0.5) is 0 Å². The maximum absolute atomic E-state index is 13.9. The number of para-hydroxylation sites is 1. The lowest BCUT2D eigenvalue weighted by molar-refractivity contribution is -0.141. The van der Waals surface area contributed by atoms with Crippen molar-refractivity contribution < 1.29 is 19.5 Å². The van der Waals surface area contributed by atoms with Crippen LogP contribution in [0.15, 0.2) is 42.1 Å². The number of fused-ring (bicyclic) bond motifs is 1. The SMILES string of the molecule is CN[C@H](C(=O)N[C@H](C(=O)N(C)[C@@H](/C=C(\C)C(=O)O)C(C)C)C(C)(C)C)C(C)(C)c1cn(C)c2ccccc12. The van der Waals surface area contributed by atoms with Gasteiger partial charge in [-0.3, -0.25) is 9.59 Å². The lowest BCUT2D eigenvalue weighted by Crippen LogP contribution is -2.61. The van der Waals surface area contributed by atoms with Crippen LogP contribution in [0.5, 0.6) is 0 Å². The van der Waals surface area contributed by atoms with E-state index in [4.69, 9.17) is 0 Å². The number of hydrogen-bond acceptors (Lipinski definition) is 4. The van der Waals surface area contributed by atoms with E-state index in [1.165, 1.54) is 6.92 Å². The first kappa shape index (κ1) is 31.1. The van der Waals surface area contributed by atoms with Gasteiger partial charge in [0.15, 0.2) is 0 Å². The number of carboxylic acids is 1. The number of aliphatic carboxylic acids is 1. The molecule has 3 N–H and O–H groups in total. The van der Waals surface area contributed by atoms with Crippen molar-refractivity contribution in [2.24, 2.45) is 18.4 Å². The Morgan fingerprint density at radius 3 is 2.13 bits per heavy atom. The number of carboxylic acid groups (broad SMARTS) is 1. The number of hydrogen-bond donors (Lipinski definition) is 3. The number of aryl methyl sites for hydroxylation is 1. The van der Waals surface area contributed by atoms with Crippen LogP contribution >= 0.6 is 0 Å². The molecule has 2 rings (SSSR count). The minimum absolute atomic E-state index is 0.0232. The third-order valence-corrected chi connectivity index (χ3v) is 7.50. The first-order valence-corrected chi connectivity index (χ1v) is 13.2. The van der Waals surface area contributed by atoms with Gasteiger partial charge < -0.3 is 25.2 Å². The van der Waals surface area contributed by atoms with Gasteiger partial charge in [-0.2, -0.15) is 0 Å². The van der Waals surface area contributed by atoms with Gasteiger partial charge in [0.05, 0.1) is 12.1 Å². The fourth-order valence-electron chi connectivity index (χ4n) is 5.13. The highest BCUT2D eigenvalue weighted by Gasteiger charge is 2.42. The van der Waals surface area contributed by atoms with Crippen molar-refractivity contribution in [3.63, 3.8) is 0 Å². The Hall–Kier alpha value is -3.13. The smallest absolute Gasteiger partial charge is 0.331 e. The summed E-state index contributed by atoms with van der Waals surface area (Å²) >= 11 is 0. The summed E-state index contributed by atoms with van der Waals surface area (Å²) in [5.74, 6) is -1.59. The van der Waals surface area contributed by atoms with E-state index < -0.39 is 34.9 Å². The largest absolute Gasteiger partial charge is 0.478 e. The van der Waals surface area contributed by atoms with Gasteiger partial charge in [0, 0.05) is 42.2 Å². The molecule has 0 aliphatic carbocycles. The standard InChI is InChI=1S/C30H46N4O4/c1-18(2)23(16-19(3)28(37)38)34(11)27(36)25(29(4,5)6)32-26(35)24(31-9)30(7,8)21-17-33(10)22-15-13-12-14-20(21)22/h12-18,23-25,31H,1-11H3,(H,32,35)(H,37,38)/b19-16+/t23-,24+,25+/m0/s1. The minimum Gasteiger partial charge on any atom is -0.478 e. The molecule has 0 unspecified atom stereocenters. The van der Waals surface area contributed by atoms with Gasteiger partial charge in [-0.25, -0.2) is 4.79 Å². The molecule has 1 aromatic carbocycles. The number of likely N-dealkylation sites (N-methyl/N-ethyl adjacent to an activating group) is 2. The molecular formula is C30H46N4O4.